The molecular weight excluding hydrogens is 228 g/mol. The predicted molar refractivity (Wildman–Crippen MR) is 70.2 cm³/mol. The van der Waals surface area contributed by atoms with Crippen molar-refractivity contribution in [3.8, 4) is 0 Å². The number of rotatable bonds is 5. The van der Waals surface area contributed by atoms with Crippen molar-refractivity contribution >= 4 is 0 Å². The molecule has 1 aromatic rings. The first-order valence-corrected chi connectivity index (χ1v) is 6.98. The van der Waals surface area contributed by atoms with Gasteiger partial charge in [0, 0.05) is 24.9 Å². The number of nitrogens with zero attached hydrogens (tertiary/aromatic N) is 3. The first-order chi connectivity index (χ1) is 8.70. The number of piperidine rings is 1. The van der Waals surface area contributed by atoms with Gasteiger partial charge in [0.05, 0.1) is 0 Å². The van der Waals surface area contributed by atoms with Crippen LogP contribution in [0, 0.1) is 0 Å². The third kappa shape index (κ3) is 3.29. The number of hydrogen-bond donors (Lipinski definition) is 1. The molecule has 0 aromatic carbocycles. The van der Waals surface area contributed by atoms with Crippen molar-refractivity contribution in [1.29, 1.82) is 0 Å². The lowest BCUT2D eigenvalue weighted by Gasteiger charge is -2.38. The van der Waals surface area contributed by atoms with Crippen LogP contribution in [0.5, 0.6) is 0 Å². The minimum absolute atomic E-state index is 0.546. The summed E-state index contributed by atoms with van der Waals surface area (Å²) in [5, 5.41) is 3.96. The molecule has 1 unspecified atom stereocenters. The second-order valence-electron chi connectivity index (χ2n) is 5.33. The van der Waals surface area contributed by atoms with Crippen molar-refractivity contribution in [3.63, 3.8) is 0 Å². The third-order valence-corrected chi connectivity index (χ3v) is 3.62. The largest absolute Gasteiger partial charge is 0.339 e. The van der Waals surface area contributed by atoms with Gasteiger partial charge in [-0.2, -0.15) is 4.98 Å². The third-order valence-electron chi connectivity index (χ3n) is 3.62. The Labute approximate surface area is 109 Å². The van der Waals surface area contributed by atoms with E-state index in [4.69, 9.17) is 10.3 Å². The first kappa shape index (κ1) is 13.5. The van der Waals surface area contributed by atoms with Crippen molar-refractivity contribution in [2.75, 3.05) is 13.1 Å². The lowest BCUT2D eigenvalue weighted by Crippen LogP contribution is -2.45. The average Bonchev–Trinajstić information content (AvgIpc) is 2.77. The van der Waals surface area contributed by atoms with Crippen LogP contribution in [0.3, 0.4) is 0 Å². The van der Waals surface area contributed by atoms with Gasteiger partial charge < -0.3 is 10.3 Å². The summed E-state index contributed by atoms with van der Waals surface area (Å²) < 4.78 is 5.30. The van der Waals surface area contributed by atoms with E-state index in [1.165, 1.54) is 25.8 Å². The van der Waals surface area contributed by atoms with Gasteiger partial charge in [0.25, 0.3) is 0 Å². The van der Waals surface area contributed by atoms with Crippen LogP contribution >= 0.6 is 0 Å². The molecule has 2 heterocycles. The lowest BCUT2D eigenvalue weighted by atomic mass is 9.98. The van der Waals surface area contributed by atoms with Crippen LogP contribution in [0.25, 0.3) is 0 Å². The van der Waals surface area contributed by atoms with Gasteiger partial charge in [0.1, 0.15) is 0 Å². The van der Waals surface area contributed by atoms with E-state index in [0.29, 0.717) is 25.0 Å². The number of hydrogen-bond acceptors (Lipinski definition) is 5. The van der Waals surface area contributed by atoms with Gasteiger partial charge in [-0.05, 0) is 39.8 Å². The molecule has 5 nitrogen and oxygen atoms in total. The summed E-state index contributed by atoms with van der Waals surface area (Å²) in [6.45, 7) is 6.27. The predicted octanol–water partition coefficient (Wildman–Crippen LogP) is 1.38. The Kier molecular flexibility index (Phi) is 4.72. The monoisotopic (exact) mass is 252 g/mol. The molecule has 2 N–H and O–H groups in total. The van der Waals surface area contributed by atoms with E-state index in [1.54, 1.807) is 0 Å². The average molecular weight is 252 g/mol. The standard InChI is InChI=1S/C13H24N4O/c1-10(2)17-8-4-3-5-11(17)9-13-15-12(6-7-14)16-18-13/h10-11H,3-9,14H2,1-2H3. The van der Waals surface area contributed by atoms with E-state index in [-0.39, 0.29) is 0 Å². The van der Waals surface area contributed by atoms with Gasteiger partial charge in [0.15, 0.2) is 5.82 Å². The molecule has 1 aliphatic heterocycles. The topological polar surface area (TPSA) is 68.2 Å². The molecule has 5 heteroatoms. The molecule has 0 amide bonds. The fourth-order valence-corrected chi connectivity index (χ4v) is 2.73. The number of likely N-dealkylation sites (tertiary alicyclic amines) is 1. The number of nitrogens with two attached hydrogens (primary N) is 1. The van der Waals surface area contributed by atoms with Gasteiger partial charge in [-0.15, -0.1) is 0 Å². The van der Waals surface area contributed by atoms with E-state index in [9.17, 15) is 0 Å². The van der Waals surface area contributed by atoms with E-state index < -0.39 is 0 Å². The highest BCUT2D eigenvalue weighted by Gasteiger charge is 2.26. The molecule has 1 atom stereocenters. The van der Waals surface area contributed by atoms with Gasteiger partial charge in [-0.25, -0.2) is 0 Å². The summed E-state index contributed by atoms with van der Waals surface area (Å²) in [6, 6.07) is 1.13. The highest BCUT2D eigenvalue weighted by Crippen LogP contribution is 2.22. The SMILES string of the molecule is CC(C)N1CCCCC1Cc1nc(CCN)no1. The van der Waals surface area contributed by atoms with Gasteiger partial charge >= 0.3 is 0 Å². The van der Waals surface area contributed by atoms with E-state index >= 15 is 0 Å². The molecule has 0 radical (unpaired) electrons. The Morgan fingerprint density at radius 1 is 1.44 bits per heavy atom. The Balaban J connectivity index is 1.97. The molecule has 1 fully saturated rings. The summed E-state index contributed by atoms with van der Waals surface area (Å²) in [6.07, 6.45) is 5.40. The van der Waals surface area contributed by atoms with Crippen molar-refractivity contribution in [1.82, 2.24) is 15.0 Å². The van der Waals surface area contributed by atoms with Gasteiger partial charge in [-0.3, -0.25) is 4.90 Å². The highest BCUT2D eigenvalue weighted by atomic mass is 16.5. The van der Waals surface area contributed by atoms with Crippen LogP contribution in [0.2, 0.25) is 0 Å². The zero-order chi connectivity index (χ0) is 13.0. The summed E-state index contributed by atoms with van der Waals surface area (Å²) in [7, 11) is 0. The Morgan fingerprint density at radius 2 is 2.28 bits per heavy atom. The summed E-state index contributed by atoms with van der Waals surface area (Å²) >= 11 is 0. The van der Waals surface area contributed by atoms with Crippen molar-refractivity contribution in [2.45, 2.75) is 58.0 Å². The molecule has 102 valence electrons. The summed E-state index contributed by atoms with van der Waals surface area (Å²) in [5.41, 5.74) is 5.49. The van der Waals surface area contributed by atoms with Gasteiger partial charge in [0.2, 0.25) is 5.89 Å². The molecule has 2 rings (SSSR count). The zero-order valence-electron chi connectivity index (χ0n) is 11.4. The normalized spacial score (nSPS) is 21.7. The second-order valence-corrected chi connectivity index (χ2v) is 5.33. The first-order valence-electron chi connectivity index (χ1n) is 6.98. The molecular formula is C13H24N4O. The highest BCUT2D eigenvalue weighted by molar-refractivity contribution is 4.92. The smallest absolute Gasteiger partial charge is 0.228 e. The molecule has 1 saturated heterocycles. The van der Waals surface area contributed by atoms with Crippen LogP contribution in [0.15, 0.2) is 4.52 Å². The Bertz CT molecular complexity index is 364. The molecule has 0 aliphatic carbocycles. The molecule has 1 aliphatic rings. The van der Waals surface area contributed by atoms with Crippen LogP contribution in [-0.4, -0.2) is 40.2 Å². The molecule has 0 saturated carbocycles. The van der Waals surface area contributed by atoms with Crippen LogP contribution < -0.4 is 5.73 Å². The maximum Gasteiger partial charge on any atom is 0.228 e. The molecule has 18 heavy (non-hydrogen) atoms. The summed E-state index contributed by atoms with van der Waals surface area (Å²) in [4.78, 5) is 6.96. The van der Waals surface area contributed by atoms with E-state index in [1.807, 2.05) is 0 Å². The van der Waals surface area contributed by atoms with Crippen molar-refractivity contribution in [2.24, 2.45) is 5.73 Å². The Hall–Kier alpha value is -0.940. The van der Waals surface area contributed by atoms with Crippen molar-refractivity contribution < 1.29 is 4.52 Å². The van der Waals surface area contributed by atoms with Gasteiger partial charge in [-0.1, -0.05) is 11.6 Å². The van der Waals surface area contributed by atoms with Crippen LogP contribution in [0.4, 0.5) is 0 Å². The zero-order valence-corrected chi connectivity index (χ0v) is 11.4. The minimum Gasteiger partial charge on any atom is -0.339 e. The minimum atomic E-state index is 0.546. The molecule has 0 bridgehead atoms. The number of aromatic nitrogens is 2. The fraction of sp³-hybridized carbons (Fsp3) is 0.846. The van der Waals surface area contributed by atoms with Crippen LogP contribution in [0.1, 0.15) is 44.8 Å². The second kappa shape index (κ2) is 6.29. The molecule has 1 aromatic heterocycles. The van der Waals surface area contributed by atoms with Crippen LogP contribution in [-0.2, 0) is 12.8 Å². The fourth-order valence-electron chi connectivity index (χ4n) is 2.73. The lowest BCUT2D eigenvalue weighted by molar-refractivity contribution is 0.105. The summed E-state index contributed by atoms with van der Waals surface area (Å²) in [5.74, 6) is 1.50. The Morgan fingerprint density at radius 3 is 3.00 bits per heavy atom. The van der Waals surface area contributed by atoms with Crippen molar-refractivity contribution in [3.05, 3.63) is 11.7 Å². The maximum absolute atomic E-state index is 5.49. The van der Waals surface area contributed by atoms with E-state index in [2.05, 4.69) is 28.9 Å². The quantitative estimate of drug-likeness (QED) is 0.857. The van der Waals surface area contributed by atoms with E-state index in [0.717, 1.165) is 18.1 Å². The molecule has 0 spiro atoms. The maximum atomic E-state index is 5.49.